The van der Waals surface area contributed by atoms with Gasteiger partial charge in [0.15, 0.2) is 0 Å². The molecule has 0 spiro atoms. The van der Waals surface area contributed by atoms with E-state index >= 15 is 0 Å². The molecule has 0 atom stereocenters. The Kier molecular flexibility index (Phi) is 5.13. The fraction of sp³-hybridized carbons (Fsp3) is 0.300. The summed E-state index contributed by atoms with van der Waals surface area (Å²) in [5.74, 6) is 0.441. The van der Waals surface area contributed by atoms with Crippen molar-refractivity contribution in [1.82, 2.24) is 9.88 Å². The van der Waals surface area contributed by atoms with Crippen LogP contribution < -0.4 is 4.90 Å². The number of nitrogens with zero attached hydrogens (tertiary/aromatic N) is 3. The van der Waals surface area contributed by atoms with Crippen LogP contribution in [0.3, 0.4) is 0 Å². The Labute approximate surface area is 166 Å². The van der Waals surface area contributed by atoms with Gasteiger partial charge in [-0.1, -0.05) is 6.07 Å². The van der Waals surface area contributed by atoms with Gasteiger partial charge in [0, 0.05) is 36.7 Å². The van der Waals surface area contributed by atoms with Crippen molar-refractivity contribution in [2.45, 2.75) is 13.3 Å². The minimum absolute atomic E-state index is 0.168. The molecule has 3 heterocycles. The lowest BCUT2D eigenvalue weighted by Crippen LogP contribution is -2.49. The predicted octanol–water partition coefficient (Wildman–Crippen LogP) is 3.78. The number of aryl methyl sites for hydroxylation is 1. The number of piperazine rings is 1. The monoisotopic (exact) mass is 399 g/mol. The molecule has 27 heavy (non-hydrogen) atoms. The van der Waals surface area contributed by atoms with Gasteiger partial charge >= 0.3 is 0 Å². The molecule has 3 aromatic rings. The second-order valence-electron chi connectivity index (χ2n) is 6.54. The normalized spacial score (nSPS) is 14.6. The minimum Gasteiger partial charge on any atom is -0.508 e. The molecule has 0 unspecified atom stereocenters. The topological polar surface area (TPSA) is 56.7 Å². The highest BCUT2D eigenvalue weighted by Gasteiger charge is 2.23. The van der Waals surface area contributed by atoms with Crippen LogP contribution in [-0.4, -0.2) is 47.1 Å². The van der Waals surface area contributed by atoms with Crippen LogP contribution in [0.15, 0.2) is 41.8 Å². The van der Waals surface area contributed by atoms with Gasteiger partial charge in [0.2, 0.25) is 5.91 Å². The van der Waals surface area contributed by atoms with E-state index in [0.29, 0.717) is 19.5 Å². The molecule has 7 heteroatoms. The summed E-state index contributed by atoms with van der Waals surface area (Å²) in [6, 6.07) is 11.3. The second kappa shape index (κ2) is 7.70. The lowest BCUT2D eigenvalue weighted by molar-refractivity contribution is -0.130. The van der Waals surface area contributed by atoms with E-state index in [0.717, 1.165) is 39.2 Å². The molecule has 4 rings (SSSR count). The number of aromatic nitrogens is 1. The third kappa shape index (κ3) is 3.99. The summed E-state index contributed by atoms with van der Waals surface area (Å²) in [6.45, 7) is 5.02. The van der Waals surface area contributed by atoms with E-state index in [4.69, 9.17) is 0 Å². The first-order valence-electron chi connectivity index (χ1n) is 8.92. The fourth-order valence-corrected chi connectivity index (χ4v) is 5.07. The van der Waals surface area contributed by atoms with Crippen molar-refractivity contribution >= 4 is 34.3 Å². The van der Waals surface area contributed by atoms with Crippen LogP contribution in [0.1, 0.15) is 9.88 Å². The zero-order chi connectivity index (χ0) is 18.8. The summed E-state index contributed by atoms with van der Waals surface area (Å²) in [6.07, 6.45) is 0.415. The number of hydrogen-bond donors (Lipinski definition) is 1. The Hall–Kier alpha value is -2.38. The number of benzene rings is 1. The van der Waals surface area contributed by atoms with Crippen LogP contribution in [0.5, 0.6) is 5.75 Å². The van der Waals surface area contributed by atoms with E-state index in [1.807, 2.05) is 35.4 Å². The molecule has 140 valence electrons. The summed E-state index contributed by atoms with van der Waals surface area (Å²) in [7, 11) is 0. The van der Waals surface area contributed by atoms with Gasteiger partial charge in [0.05, 0.1) is 22.0 Å². The molecule has 0 aliphatic carbocycles. The largest absolute Gasteiger partial charge is 0.508 e. The quantitative estimate of drug-likeness (QED) is 0.725. The zero-order valence-electron chi connectivity index (χ0n) is 15.1. The van der Waals surface area contributed by atoms with Gasteiger partial charge in [0.1, 0.15) is 5.75 Å². The van der Waals surface area contributed by atoms with Crippen molar-refractivity contribution < 1.29 is 9.90 Å². The van der Waals surface area contributed by atoms with Crippen molar-refractivity contribution in [1.29, 1.82) is 0 Å². The molecule has 1 fully saturated rings. The molecule has 1 aliphatic rings. The van der Waals surface area contributed by atoms with Crippen molar-refractivity contribution in [3.63, 3.8) is 0 Å². The summed E-state index contributed by atoms with van der Waals surface area (Å²) < 4.78 is 0. The minimum atomic E-state index is 0.168. The third-order valence-electron chi connectivity index (χ3n) is 4.72. The molecular formula is C20H21N3O2S2. The second-order valence-corrected chi connectivity index (χ2v) is 8.78. The third-order valence-corrected chi connectivity index (χ3v) is 6.57. The van der Waals surface area contributed by atoms with Crippen molar-refractivity contribution in [2.24, 2.45) is 0 Å². The Bertz CT molecular complexity index is 911. The molecule has 5 nitrogen and oxygen atoms in total. The van der Waals surface area contributed by atoms with Crippen LogP contribution in [0.25, 0.3) is 10.6 Å². The lowest BCUT2D eigenvalue weighted by atomic mass is 10.2. The molecule has 2 aromatic heterocycles. The predicted molar refractivity (Wildman–Crippen MR) is 111 cm³/mol. The molecule has 1 aromatic carbocycles. The number of phenolic OH excluding ortho intramolecular Hbond substituents is 1. The number of thiazole rings is 1. The molecule has 1 saturated heterocycles. The van der Waals surface area contributed by atoms with E-state index < -0.39 is 0 Å². The van der Waals surface area contributed by atoms with E-state index in [-0.39, 0.29) is 11.7 Å². The maximum absolute atomic E-state index is 12.8. The zero-order valence-corrected chi connectivity index (χ0v) is 16.7. The molecule has 1 amide bonds. The van der Waals surface area contributed by atoms with E-state index in [1.165, 1.54) is 0 Å². The number of amides is 1. The maximum atomic E-state index is 12.8. The Balaban J connectivity index is 1.40. The van der Waals surface area contributed by atoms with Gasteiger partial charge in [-0.25, -0.2) is 4.98 Å². The number of carbonyl (C=O) groups excluding carboxylic acids is 1. The highest BCUT2D eigenvalue weighted by molar-refractivity contribution is 7.15. The van der Waals surface area contributed by atoms with Crippen molar-refractivity contribution in [3.05, 3.63) is 51.7 Å². The average molecular weight is 400 g/mol. The first kappa shape index (κ1) is 18.0. The van der Waals surface area contributed by atoms with Crippen LogP contribution in [0, 0.1) is 6.92 Å². The first-order chi connectivity index (χ1) is 13.1. The van der Waals surface area contributed by atoms with Crippen molar-refractivity contribution in [2.75, 3.05) is 31.1 Å². The summed E-state index contributed by atoms with van der Waals surface area (Å²) in [4.78, 5) is 23.9. The van der Waals surface area contributed by atoms with Crippen molar-refractivity contribution in [3.8, 4) is 16.3 Å². The van der Waals surface area contributed by atoms with Gasteiger partial charge in [0.25, 0.3) is 0 Å². The Morgan fingerprint density at radius 3 is 2.56 bits per heavy atom. The molecule has 0 saturated carbocycles. The number of rotatable bonds is 4. The van der Waals surface area contributed by atoms with E-state index in [2.05, 4.69) is 16.0 Å². The van der Waals surface area contributed by atoms with Crippen LogP contribution in [-0.2, 0) is 11.2 Å². The molecule has 1 aliphatic heterocycles. The van der Waals surface area contributed by atoms with Gasteiger partial charge in [-0.15, -0.1) is 22.7 Å². The SMILES string of the molecule is Cc1nc(-c2cccs2)c(CC(=O)N2CCN(c3ccc(O)cc3)CC2)s1. The number of aromatic hydroxyl groups is 1. The Morgan fingerprint density at radius 2 is 1.89 bits per heavy atom. The highest BCUT2D eigenvalue weighted by atomic mass is 32.1. The van der Waals surface area contributed by atoms with E-state index in [9.17, 15) is 9.90 Å². The smallest absolute Gasteiger partial charge is 0.228 e. The molecule has 0 bridgehead atoms. The number of anilines is 1. The van der Waals surface area contributed by atoms with Gasteiger partial charge in [-0.3, -0.25) is 4.79 Å². The standard InChI is InChI=1S/C20H21N3O2S2/c1-14-21-20(17-3-2-12-26-17)18(27-14)13-19(25)23-10-8-22(9-11-23)15-4-6-16(24)7-5-15/h2-7,12,24H,8-11,13H2,1H3. The first-order valence-corrected chi connectivity index (χ1v) is 10.6. The molecular weight excluding hydrogens is 378 g/mol. The summed E-state index contributed by atoms with van der Waals surface area (Å²) in [5.41, 5.74) is 2.04. The maximum Gasteiger partial charge on any atom is 0.228 e. The number of phenols is 1. The number of carbonyl (C=O) groups is 1. The lowest BCUT2D eigenvalue weighted by Gasteiger charge is -2.36. The van der Waals surface area contributed by atoms with Crippen LogP contribution >= 0.6 is 22.7 Å². The van der Waals surface area contributed by atoms with Crippen LogP contribution in [0.2, 0.25) is 0 Å². The van der Waals surface area contributed by atoms with Crippen LogP contribution in [0.4, 0.5) is 5.69 Å². The Morgan fingerprint density at radius 1 is 1.15 bits per heavy atom. The fourth-order valence-electron chi connectivity index (χ4n) is 3.32. The summed E-state index contributed by atoms with van der Waals surface area (Å²) >= 11 is 3.28. The van der Waals surface area contributed by atoms with Gasteiger partial charge in [-0.2, -0.15) is 0 Å². The molecule has 1 N–H and O–H groups in total. The number of hydrogen-bond acceptors (Lipinski definition) is 6. The summed E-state index contributed by atoms with van der Waals surface area (Å²) in [5, 5.41) is 12.5. The average Bonchev–Trinajstić information content (AvgIpc) is 3.32. The highest BCUT2D eigenvalue weighted by Crippen LogP contribution is 2.32. The molecule has 0 radical (unpaired) electrons. The van der Waals surface area contributed by atoms with Gasteiger partial charge < -0.3 is 14.9 Å². The van der Waals surface area contributed by atoms with E-state index in [1.54, 1.807) is 34.8 Å². The van der Waals surface area contributed by atoms with Gasteiger partial charge in [-0.05, 0) is 42.6 Å². The number of thiophene rings is 1.